The van der Waals surface area contributed by atoms with E-state index in [1.54, 1.807) is 12.1 Å². The number of hydrogen-bond donors (Lipinski definition) is 2. The number of carbonyl (C=O) groups is 1. The molecule has 4 rings (SSSR count). The minimum Gasteiger partial charge on any atom is -0.345 e. The van der Waals surface area contributed by atoms with Gasteiger partial charge in [-0.05, 0) is 77.9 Å². The lowest BCUT2D eigenvalue weighted by Crippen LogP contribution is -2.31. The highest BCUT2D eigenvalue weighted by Gasteiger charge is 2.22. The fraction of sp³-hybridized carbons (Fsp3) is 0.269. The molecule has 0 aromatic heterocycles. The Morgan fingerprint density at radius 3 is 2.40 bits per heavy atom. The van der Waals surface area contributed by atoms with Crippen LogP contribution in [0.2, 0.25) is 0 Å². The summed E-state index contributed by atoms with van der Waals surface area (Å²) in [5.41, 5.74) is 6.39. The fourth-order valence-corrected chi connectivity index (χ4v) is 4.09. The van der Waals surface area contributed by atoms with Crippen molar-refractivity contribution in [1.29, 1.82) is 0 Å². The lowest BCUT2D eigenvalue weighted by molar-refractivity contribution is 0.0933. The predicted molar refractivity (Wildman–Crippen MR) is 119 cm³/mol. The van der Waals surface area contributed by atoms with Crippen LogP contribution in [0.5, 0.6) is 0 Å². The predicted octanol–water partition coefficient (Wildman–Crippen LogP) is 5.41. The second-order valence-corrected chi connectivity index (χ2v) is 7.82. The first-order valence-corrected chi connectivity index (χ1v) is 10.6. The summed E-state index contributed by atoms with van der Waals surface area (Å²) in [6.45, 7) is 3.94. The smallest absolute Gasteiger partial charge is 0.251 e. The van der Waals surface area contributed by atoms with E-state index in [1.807, 2.05) is 24.3 Å². The van der Waals surface area contributed by atoms with Crippen molar-refractivity contribution in [1.82, 2.24) is 10.6 Å². The molecule has 0 aliphatic heterocycles. The van der Waals surface area contributed by atoms with Crippen LogP contribution in [0.15, 0.2) is 66.7 Å². The number of aryl methyl sites for hydroxylation is 1. The molecule has 0 radical (unpaired) electrons. The summed E-state index contributed by atoms with van der Waals surface area (Å²) in [5.74, 6) is -0.313. The number of benzene rings is 3. The van der Waals surface area contributed by atoms with Gasteiger partial charge in [0.1, 0.15) is 5.82 Å². The Balaban J connectivity index is 1.46. The quantitative estimate of drug-likeness (QED) is 0.579. The van der Waals surface area contributed by atoms with Gasteiger partial charge in [0, 0.05) is 12.1 Å². The molecule has 0 fully saturated rings. The summed E-state index contributed by atoms with van der Waals surface area (Å²) in [6, 6.07) is 20.5. The summed E-state index contributed by atoms with van der Waals surface area (Å²) in [7, 11) is 0. The van der Waals surface area contributed by atoms with Crippen LogP contribution in [0.1, 0.15) is 52.9 Å². The molecular formula is C26H27FN2O. The summed E-state index contributed by atoms with van der Waals surface area (Å²) in [5, 5.41) is 6.58. The minimum atomic E-state index is -0.253. The maximum atomic E-state index is 13.1. The molecule has 2 N–H and O–H groups in total. The molecule has 3 aromatic rings. The highest BCUT2D eigenvalue weighted by atomic mass is 19.1. The molecule has 1 aliphatic carbocycles. The number of rotatable bonds is 6. The summed E-state index contributed by atoms with van der Waals surface area (Å²) < 4.78 is 13.1. The average molecular weight is 403 g/mol. The van der Waals surface area contributed by atoms with Crippen LogP contribution in [-0.2, 0) is 13.0 Å². The average Bonchev–Trinajstić information content (AvgIpc) is 2.78. The van der Waals surface area contributed by atoms with E-state index < -0.39 is 0 Å². The molecule has 0 heterocycles. The van der Waals surface area contributed by atoms with Crippen LogP contribution < -0.4 is 10.6 Å². The van der Waals surface area contributed by atoms with E-state index in [0.717, 1.165) is 43.5 Å². The third-order valence-corrected chi connectivity index (χ3v) is 5.73. The lowest BCUT2D eigenvalue weighted by Gasteiger charge is -2.27. The Hall–Kier alpha value is -2.98. The molecule has 154 valence electrons. The van der Waals surface area contributed by atoms with E-state index >= 15 is 0 Å². The van der Waals surface area contributed by atoms with Crippen molar-refractivity contribution in [3.63, 3.8) is 0 Å². The van der Waals surface area contributed by atoms with Crippen LogP contribution in [0.4, 0.5) is 4.39 Å². The van der Waals surface area contributed by atoms with Crippen LogP contribution in [0.3, 0.4) is 0 Å². The van der Waals surface area contributed by atoms with Crippen LogP contribution in [-0.4, -0.2) is 12.5 Å². The van der Waals surface area contributed by atoms with Gasteiger partial charge in [-0.15, -0.1) is 0 Å². The zero-order valence-electron chi connectivity index (χ0n) is 17.2. The first kappa shape index (κ1) is 20.3. The van der Waals surface area contributed by atoms with Gasteiger partial charge in [0.2, 0.25) is 0 Å². The molecule has 3 nitrogen and oxygen atoms in total. The number of nitrogens with one attached hydrogen (secondary N) is 2. The Morgan fingerprint density at radius 1 is 1.00 bits per heavy atom. The molecule has 30 heavy (non-hydrogen) atoms. The van der Waals surface area contributed by atoms with E-state index in [2.05, 4.69) is 35.8 Å². The standard InChI is InChI=1S/C26H27FN2O/c1-2-28-17-18-6-15-24-22(16-18)4-3-5-25(24)29-26(30)21-9-7-19(8-10-21)20-11-13-23(27)14-12-20/h6-16,25,28H,2-5,17H2,1H3,(H,29,30). The number of carbonyl (C=O) groups excluding carboxylic acids is 1. The highest BCUT2D eigenvalue weighted by Crippen LogP contribution is 2.31. The second-order valence-electron chi connectivity index (χ2n) is 7.82. The van der Waals surface area contributed by atoms with Crippen molar-refractivity contribution in [2.24, 2.45) is 0 Å². The molecule has 0 bridgehead atoms. The third kappa shape index (κ3) is 4.60. The Kier molecular flexibility index (Phi) is 6.24. The topological polar surface area (TPSA) is 41.1 Å². The molecule has 1 unspecified atom stereocenters. The van der Waals surface area contributed by atoms with Crippen molar-refractivity contribution in [3.8, 4) is 11.1 Å². The maximum Gasteiger partial charge on any atom is 0.251 e. The van der Waals surface area contributed by atoms with Crippen molar-refractivity contribution in [2.75, 3.05) is 6.54 Å². The van der Waals surface area contributed by atoms with E-state index in [0.29, 0.717) is 5.56 Å². The van der Waals surface area contributed by atoms with Crippen molar-refractivity contribution < 1.29 is 9.18 Å². The van der Waals surface area contributed by atoms with E-state index in [4.69, 9.17) is 0 Å². The number of hydrogen-bond acceptors (Lipinski definition) is 2. The number of amides is 1. The number of halogens is 1. The zero-order chi connectivity index (χ0) is 20.9. The Labute approximate surface area is 177 Å². The van der Waals surface area contributed by atoms with Gasteiger partial charge in [0.05, 0.1) is 6.04 Å². The fourth-order valence-electron chi connectivity index (χ4n) is 4.09. The summed E-state index contributed by atoms with van der Waals surface area (Å²) >= 11 is 0. The largest absolute Gasteiger partial charge is 0.345 e. The summed E-state index contributed by atoms with van der Waals surface area (Å²) in [6.07, 6.45) is 3.10. The van der Waals surface area contributed by atoms with Gasteiger partial charge >= 0.3 is 0 Å². The SMILES string of the molecule is CCNCc1ccc2c(c1)CCCC2NC(=O)c1ccc(-c2ccc(F)cc2)cc1. The lowest BCUT2D eigenvalue weighted by atomic mass is 9.86. The van der Waals surface area contributed by atoms with Crippen LogP contribution in [0.25, 0.3) is 11.1 Å². The Morgan fingerprint density at radius 2 is 1.70 bits per heavy atom. The molecule has 0 saturated heterocycles. The van der Waals surface area contributed by atoms with Gasteiger partial charge in [-0.25, -0.2) is 4.39 Å². The maximum absolute atomic E-state index is 13.1. The van der Waals surface area contributed by atoms with Gasteiger partial charge in [0.15, 0.2) is 0 Å². The highest BCUT2D eigenvalue weighted by molar-refractivity contribution is 5.95. The summed E-state index contributed by atoms with van der Waals surface area (Å²) in [4.78, 5) is 12.9. The van der Waals surface area contributed by atoms with Crippen molar-refractivity contribution in [3.05, 3.63) is 94.8 Å². The molecule has 3 aromatic carbocycles. The normalized spacial score (nSPS) is 15.5. The van der Waals surface area contributed by atoms with Gasteiger partial charge in [0.25, 0.3) is 5.91 Å². The molecule has 4 heteroatoms. The van der Waals surface area contributed by atoms with Gasteiger partial charge in [-0.2, -0.15) is 0 Å². The second kappa shape index (κ2) is 9.23. The van der Waals surface area contributed by atoms with E-state index in [1.165, 1.54) is 28.8 Å². The molecule has 0 saturated carbocycles. The van der Waals surface area contributed by atoms with Gasteiger partial charge < -0.3 is 10.6 Å². The molecule has 1 aliphatic rings. The van der Waals surface area contributed by atoms with E-state index in [-0.39, 0.29) is 17.8 Å². The van der Waals surface area contributed by atoms with Crippen LogP contribution in [0, 0.1) is 5.82 Å². The zero-order valence-corrected chi connectivity index (χ0v) is 17.2. The van der Waals surface area contributed by atoms with Gasteiger partial charge in [-0.3, -0.25) is 4.79 Å². The van der Waals surface area contributed by atoms with Crippen molar-refractivity contribution in [2.45, 2.75) is 38.8 Å². The Bertz CT molecular complexity index is 1010. The number of fused-ring (bicyclic) bond motifs is 1. The van der Waals surface area contributed by atoms with Crippen LogP contribution >= 0.6 is 0 Å². The molecule has 1 amide bonds. The van der Waals surface area contributed by atoms with Crippen molar-refractivity contribution >= 4 is 5.91 Å². The van der Waals surface area contributed by atoms with Gasteiger partial charge in [-0.1, -0.05) is 49.4 Å². The third-order valence-electron chi connectivity index (χ3n) is 5.73. The first-order chi connectivity index (χ1) is 14.6. The molecule has 1 atom stereocenters. The molecular weight excluding hydrogens is 375 g/mol. The first-order valence-electron chi connectivity index (χ1n) is 10.6. The molecule has 0 spiro atoms. The minimum absolute atomic E-state index is 0.0474. The monoisotopic (exact) mass is 402 g/mol. The van der Waals surface area contributed by atoms with E-state index in [9.17, 15) is 9.18 Å².